The number of aromatic amines is 1. The lowest BCUT2D eigenvalue weighted by molar-refractivity contribution is 0.0696. The Balaban J connectivity index is 1.96. The van der Waals surface area contributed by atoms with Gasteiger partial charge in [-0.1, -0.05) is 12.1 Å². The Kier molecular flexibility index (Phi) is 5.00. The van der Waals surface area contributed by atoms with E-state index in [1.165, 1.54) is 0 Å². The predicted molar refractivity (Wildman–Crippen MR) is 94.1 cm³/mol. The van der Waals surface area contributed by atoms with Crippen LogP contribution in [0.15, 0.2) is 42.5 Å². The molecule has 0 aliphatic carbocycles. The molecule has 6 heteroatoms. The van der Waals surface area contributed by atoms with Crippen LogP contribution in [0.4, 0.5) is 0 Å². The van der Waals surface area contributed by atoms with E-state index in [4.69, 9.17) is 14.6 Å². The zero-order chi connectivity index (χ0) is 17.8. The van der Waals surface area contributed by atoms with Gasteiger partial charge in [-0.2, -0.15) is 0 Å². The van der Waals surface area contributed by atoms with Gasteiger partial charge in [0, 0.05) is 12.7 Å². The zero-order valence-electron chi connectivity index (χ0n) is 14.2. The second-order valence-electron chi connectivity index (χ2n) is 5.50. The van der Waals surface area contributed by atoms with E-state index in [0.29, 0.717) is 19.0 Å². The van der Waals surface area contributed by atoms with E-state index in [1.807, 2.05) is 32.0 Å². The van der Waals surface area contributed by atoms with Crippen molar-refractivity contribution in [2.45, 2.75) is 20.0 Å². The Morgan fingerprint density at radius 3 is 2.56 bits per heavy atom. The second-order valence-corrected chi connectivity index (χ2v) is 5.50. The van der Waals surface area contributed by atoms with Crippen molar-refractivity contribution in [2.24, 2.45) is 0 Å². The minimum Gasteiger partial charge on any atom is -0.494 e. The summed E-state index contributed by atoms with van der Waals surface area (Å²) >= 11 is 0. The van der Waals surface area contributed by atoms with Crippen molar-refractivity contribution in [2.75, 3.05) is 13.2 Å². The largest absolute Gasteiger partial charge is 0.494 e. The molecule has 1 heterocycles. The fourth-order valence-corrected chi connectivity index (χ4v) is 2.69. The Hall–Kier alpha value is -2.86. The lowest BCUT2D eigenvalue weighted by Crippen LogP contribution is -2.08. The zero-order valence-corrected chi connectivity index (χ0v) is 14.2. The third-order valence-electron chi connectivity index (χ3n) is 3.83. The summed E-state index contributed by atoms with van der Waals surface area (Å²) in [5.74, 6) is 0.493. The van der Waals surface area contributed by atoms with Gasteiger partial charge in [0.1, 0.15) is 17.7 Å². The molecule has 2 aromatic carbocycles. The molecule has 0 aliphatic rings. The number of aromatic nitrogens is 2. The van der Waals surface area contributed by atoms with Gasteiger partial charge in [-0.25, -0.2) is 9.78 Å². The molecule has 1 atom stereocenters. The minimum absolute atomic E-state index is 0.241. The van der Waals surface area contributed by atoms with Crippen LogP contribution in [0.5, 0.6) is 5.75 Å². The number of hydrogen-bond acceptors (Lipinski definition) is 4. The Labute approximate surface area is 145 Å². The number of fused-ring (bicyclic) bond motifs is 1. The first-order chi connectivity index (χ1) is 12.1. The predicted octanol–water partition coefficient (Wildman–Crippen LogP) is 3.79. The Morgan fingerprint density at radius 2 is 1.92 bits per heavy atom. The van der Waals surface area contributed by atoms with Crippen LogP contribution in [0.25, 0.3) is 11.0 Å². The van der Waals surface area contributed by atoms with Crippen molar-refractivity contribution >= 4 is 17.0 Å². The summed E-state index contributed by atoms with van der Waals surface area (Å²) in [5.41, 5.74) is 2.78. The van der Waals surface area contributed by atoms with Crippen LogP contribution in [0, 0.1) is 0 Å². The number of carboxylic acid groups (broad SMARTS) is 1. The summed E-state index contributed by atoms with van der Waals surface area (Å²) in [6, 6.07) is 12.3. The minimum atomic E-state index is -0.952. The maximum atomic E-state index is 11.0. The van der Waals surface area contributed by atoms with Crippen LogP contribution in [-0.4, -0.2) is 34.3 Å². The average molecular weight is 340 g/mol. The molecular weight excluding hydrogens is 320 g/mol. The molecule has 1 aromatic heterocycles. The van der Waals surface area contributed by atoms with Gasteiger partial charge >= 0.3 is 5.97 Å². The van der Waals surface area contributed by atoms with Crippen LogP contribution in [0.1, 0.15) is 41.7 Å². The van der Waals surface area contributed by atoms with Crippen molar-refractivity contribution in [3.63, 3.8) is 0 Å². The van der Waals surface area contributed by atoms with Gasteiger partial charge in [0.15, 0.2) is 0 Å². The quantitative estimate of drug-likeness (QED) is 0.683. The molecule has 0 saturated heterocycles. The van der Waals surface area contributed by atoms with Crippen molar-refractivity contribution in [3.05, 3.63) is 59.4 Å². The van der Waals surface area contributed by atoms with E-state index in [9.17, 15) is 4.79 Å². The van der Waals surface area contributed by atoms with Gasteiger partial charge in [0.2, 0.25) is 0 Å². The van der Waals surface area contributed by atoms with Crippen molar-refractivity contribution < 1.29 is 19.4 Å². The summed E-state index contributed by atoms with van der Waals surface area (Å²) in [6.45, 7) is 4.95. The smallest absolute Gasteiger partial charge is 0.335 e. The summed E-state index contributed by atoms with van der Waals surface area (Å²) in [4.78, 5) is 18.9. The molecule has 130 valence electrons. The van der Waals surface area contributed by atoms with Gasteiger partial charge in [-0.15, -0.1) is 0 Å². The molecule has 0 fully saturated rings. The highest BCUT2D eigenvalue weighted by Gasteiger charge is 2.19. The number of hydrogen-bond donors (Lipinski definition) is 2. The average Bonchev–Trinajstić information content (AvgIpc) is 3.03. The molecular formula is C19H20N2O4. The molecule has 3 aromatic rings. The summed E-state index contributed by atoms with van der Waals surface area (Å²) < 4.78 is 11.4. The van der Waals surface area contributed by atoms with Crippen LogP contribution >= 0.6 is 0 Å². The number of ether oxygens (including phenoxy) is 2. The van der Waals surface area contributed by atoms with E-state index in [1.54, 1.807) is 24.3 Å². The third kappa shape index (κ3) is 3.64. The van der Waals surface area contributed by atoms with Crippen molar-refractivity contribution in [1.29, 1.82) is 0 Å². The van der Waals surface area contributed by atoms with Crippen LogP contribution in [0.2, 0.25) is 0 Å². The van der Waals surface area contributed by atoms with Gasteiger partial charge in [-0.05, 0) is 43.7 Å². The van der Waals surface area contributed by atoms with Gasteiger partial charge in [0.25, 0.3) is 0 Å². The maximum Gasteiger partial charge on any atom is 0.335 e. The SMILES string of the molecule is CCOc1ccc2[nH]c(C(OCC)c3ccc(C(=O)O)cc3)nc2c1. The van der Waals surface area contributed by atoms with Crippen LogP contribution in [-0.2, 0) is 4.74 Å². The van der Waals surface area contributed by atoms with Crippen molar-refractivity contribution in [1.82, 2.24) is 9.97 Å². The standard InChI is InChI=1S/C19H20N2O4/c1-3-24-14-9-10-15-16(11-14)21-18(20-15)17(25-4-2)12-5-7-13(8-6-12)19(22)23/h5-11,17H,3-4H2,1-2H3,(H,20,21)(H,22,23). The second kappa shape index (κ2) is 7.36. The molecule has 0 spiro atoms. The number of carboxylic acids is 1. The number of H-pyrrole nitrogens is 1. The Bertz CT molecular complexity index is 871. The summed E-state index contributed by atoms with van der Waals surface area (Å²) in [7, 11) is 0. The molecule has 0 aliphatic heterocycles. The lowest BCUT2D eigenvalue weighted by Gasteiger charge is -2.15. The normalized spacial score (nSPS) is 12.2. The fraction of sp³-hybridized carbons (Fsp3) is 0.263. The highest BCUT2D eigenvalue weighted by molar-refractivity contribution is 5.87. The number of nitrogens with zero attached hydrogens (tertiary/aromatic N) is 1. The van der Waals surface area contributed by atoms with Gasteiger partial charge < -0.3 is 19.6 Å². The number of imidazole rings is 1. The molecule has 0 bridgehead atoms. The molecule has 3 rings (SSSR count). The van der Waals surface area contributed by atoms with E-state index >= 15 is 0 Å². The lowest BCUT2D eigenvalue weighted by atomic mass is 10.1. The first-order valence-corrected chi connectivity index (χ1v) is 8.19. The molecule has 0 saturated carbocycles. The highest BCUT2D eigenvalue weighted by Crippen LogP contribution is 2.27. The molecule has 0 radical (unpaired) electrons. The first kappa shape index (κ1) is 17.0. The Morgan fingerprint density at radius 1 is 1.16 bits per heavy atom. The molecule has 25 heavy (non-hydrogen) atoms. The fourth-order valence-electron chi connectivity index (χ4n) is 2.69. The molecule has 2 N–H and O–H groups in total. The topological polar surface area (TPSA) is 84.4 Å². The van der Waals surface area contributed by atoms with E-state index in [2.05, 4.69) is 9.97 Å². The van der Waals surface area contributed by atoms with E-state index < -0.39 is 12.1 Å². The third-order valence-corrected chi connectivity index (χ3v) is 3.83. The van der Waals surface area contributed by atoms with Gasteiger partial charge in [0.05, 0.1) is 23.2 Å². The summed E-state index contributed by atoms with van der Waals surface area (Å²) in [6.07, 6.45) is -0.393. The molecule has 0 amide bonds. The number of aromatic carboxylic acids is 1. The number of carbonyl (C=O) groups is 1. The number of benzene rings is 2. The van der Waals surface area contributed by atoms with Crippen LogP contribution < -0.4 is 4.74 Å². The van der Waals surface area contributed by atoms with E-state index in [0.717, 1.165) is 22.3 Å². The number of rotatable bonds is 7. The van der Waals surface area contributed by atoms with Crippen molar-refractivity contribution in [3.8, 4) is 5.75 Å². The van der Waals surface area contributed by atoms with Crippen LogP contribution in [0.3, 0.4) is 0 Å². The first-order valence-electron chi connectivity index (χ1n) is 8.19. The van der Waals surface area contributed by atoms with E-state index in [-0.39, 0.29) is 5.56 Å². The summed E-state index contributed by atoms with van der Waals surface area (Å²) in [5, 5.41) is 9.04. The highest BCUT2D eigenvalue weighted by atomic mass is 16.5. The number of nitrogens with one attached hydrogen (secondary N) is 1. The van der Waals surface area contributed by atoms with Gasteiger partial charge in [-0.3, -0.25) is 0 Å². The monoisotopic (exact) mass is 340 g/mol. The molecule has 6 nitrogen and oxygen atoms in total. The maximum absolute atomic E-state index is 11.0. The molecule has 1 unspecified atom stereocenters.